The summed E-state index contributed by atoms with van der Waals surface area (Å²) in [7, 11) is 0. The zero-order valence-corrected chi connectivity index (χ0v) is 14.0. The van der Waals surface area contributed by atoms with E-state index in [-0.39, 0.29) is 12.5 Å². The number of carbonyl (C=O) groups excluding carboxylic acids is 1. The number of rotatable bonds is 6. The van der Waals surface area contributed by atoms with Crippen molar-refractivity contribution in [2.45, 2.75) is 13.3 Å². The van der Waals surface area contributed by atoms with Crippen molar-refractivity contribution in [2.24, 2.45) is 0 Å². The first-order valence-electron chi connectivity index (χ1n) is 5.48. The van der Waals surface area contributed by atoms with E-state index in [1.54, 1.807) is 0 Å². The minimum Gasteiger partial charge on any atom is -0.396 e. The molecule has 0 heterocycles. The smallest absolute Gasteiger partial charge is 0.234 e. The van der Waals surface area contributed by atoms with Crippen molar-refractivity contribution in [1.29, 1.82) is 0 Å². The molecule has 6 heteroatoms. The predicted octanol–water partition coefficient (Wildman–Crippen LogP) is 3.57. The molecule has 2 N–H and O–H groups in total. The average molecular weight is 397 g/mol. The van der Waals surface area contributed by atoms with Gasteiger partial charge in [0.1, 0.15) is 0 Å². The van der Waals surface area contributed by atoms with Gasteiger partial charge in [0.15, 0.2) is 0 Å². The molecule has 0 atom stereocenters. The molecule has 0 aliphatic rings. The highest BCUT2D eigenvalue weighted by Gasteiger charge is 2.09. The number of aliphatic hydroxyl groups is 1. The van der Waals surface area contributed by atoms with Crippen LogP contribution in [-0.2, 0) is 4.79 Å². The van der Waals surface area contributed by atoms with Crippen LogP contribution in [0.2, 0.25) is 0 Å². The molecule has 0 saturated carbocycles. The maximum Gasteiger partial charge on any atom is 0.234 e. The molecule has 3 nitrogen and oxygen atoms in total. The molecule has 0 radical (unpaired) electrons. The van der Waals surface area contributed by atoms with Gasteiger partial charge < -0.3 is 10.4 Å². The summed E-state index contributed by atoms with van der Waals surface area (Å²) in [6, 6.07) is 3.92. The Morgan fingerprint density at radius 3 is 2.56 bits per heavy atom. The van der Waals surface area contributed by atoms with Gasteiger partial charge in [-0.15, -0.1) is 0 Å². The number of benzene rings is 1. The van der Waals surface area contributed by atoms with Gasteiger partial charge >= 0.3 is 0 Å². The van der Waals surface area contributed by atoms with Gasteiger partial charge in [-0.1, -0.05) is 0 Å². The lowest BCUT2D eigenvalue weighted by molar-refractivity contribution is -0.113. The molecule has 1 amide bonds. The number of aryl methyl sites for hydroxylation is 1. The summed E-state index contributed by atoms with van der Waals surface area (Å²) in [5, 5.41) is 11.5. The van der Waals surface area contributed by atoms with E-state index in [1.165, 1.54) is 11.8 Å². The minimum atomic E-state index is -0.0387. The zero-order chi connectivity index (χ0) is 13.5. The fraction of sp³-hybridized carbons (Fsp3) is 0.417. The third kappa shape index (κ3) is 5.30. The number of aliphatic hydroxyl groups excluding tert-OH is 1. The first-order chi connectivity index (χ1) is 8.54. The van der Waals surface area contributed by atoms with E-state index < -0.39 is 0 Å². The second kappa shape index (κ2) is 8.19. The molecule has 0 fully saturated rings. The van der Waals surface area contributed by atoms with Crippen molar-refractivity contribution in [1.82, 2.24) is 0 Å². The van der Waals surface area contributed by atoms with E-state index in [2.05, 4.69) is 37.2 Å². The van der Waals surface area contributed by atoms with Crippen LogP contribution in [0.5, 0.6) is 0 Å². The lowest BCUT2D eigenvalue weighted by Crippen LogP contribution is -2.15. The highest BCUT2D eigenvalue weighted by Crippen LogP contribution is 2.32. The van der Waals surface area contributed by atoms with Crippen molar-refractivity contribution in [3.8, 4) is 0 Å². The summed E-state index contributed by atoms with van der Waals surface area (Å²) >= 11 is 8.39. The number of amides is 1. The van der Waals surface area contributed by atoms with Crippen LogP contribution in [0.1, 0.15) is 12.0 Å². The third-order valence-corrected chi connectivity index (χ3v) is 4.43. The average Bonchev–Trinajstić information content (AvgIpc) is 2.29. The minimum absolute atomic E-state index is 0.0387. The SMILES string of the molecule is Cc1cc(Br)c(NC(=O)CSCCCO)c(Br)c1. The normalized spacial score (nSPS) is 10.4. The summed E-state index contributed by atoms with van der Waals surface area (Å²) in [6.07, 6.45) is 0.718. The number of hydrogen-bond donors (Lipinski definition) is 2. The Balaban J connectivity index is 2.54. The largest absolute Gasteiger partial charge is 0.396 e. The molecule has 0 aliphatic carbocycles. The third-order valence-electron chi connectivity index (χ3n) is 2.13. The molecule has 1 rings (SSSR count). The topological polar surface area (TPSA) is 49.3 Å². The fourth-order valence-electron chi connectivity index (χ4n) is 1.33. The van der Waals surface area contributed by atoms with Gasteiger partial charge in [0.05, 0.1) is 11.4 Å². The number of thioether (sulfide) groups is 1. The highest BCUT2D eigenvalue weighted by molar-refractivity contribution is 9.11. The molecule has 100 valence electrons. The molecule has 1 aromatic carbocycles. The molecule has 0 spiro atoms. The molecule has 0 bridgehead atoms. The molecule has 0 unspecified atom stereocenters. The predicted molar refractivity (Wildman–Crippen MR) is 84.2 cm³/mol. The quantitative estimate of drug-likeness (QED) is 0.722. The summed E-state index contributed by atoms with van der Waals surface area (Å²) in [5.74, 6) is 1.15. The van der Waals surface area contributed by atoms with Crippen molar-refractivity contribution in [3.05, 3.63) is 26.6 Å². The van der Waals surface area contributed by atoms with Crippen LogP contribution < -0.4 is 5.32 Å². The van der Waals surface area contributed by atoms with Crippen LogP contribution in [0.15, 0.2) is 21.1 Å². The van der Waals surface area contributed by atoms with Crippen LogP contribution in [-0.4, -0.2) is 29.1 Å². The molecule has 0 aromatic heterocycles. The number of hydrogen-bond acceptors (Lipinski definition) is 3. The Kier molecular flexibility index (Phi) is 7.29. The van der Waals surface area contributed by atoms with Gasteiger partial charge in [-0.05, 0) is 68.7 Å². The zero-order valence-electron chi connectivity index (χ0n) is 10.0. The van der Waals surface area contributed by atoms with Crippen LogP contribution in [0.3, 0.4) is 0 Å². The van der Waals surface area contributed by atoms with E-state index >= 15 is 0 Å². The second-order valence-electron chi connectivity index (χ2n) is 3.78. The maximum atomic E-state index is 11.7. The van der Waals surface area contributed by atoms with Crippen molar-refractivity contribution in [3.63, 3.8) is 0 Å². The van der Waals surface area contributed by atoms with E-state index in [0.717, 1.165) is 32.4 Å². The summed E-state index contributed by atoms with van der Waals surface area (Å²) in [6.45, 7) is 2.16. The summed E-state index contributed by atoms with van der Waals surface area (Å²) < 4.78 is 1.73. The van der Waals surface area contributed by atoms with Gasteiger partial charge in [-0.2, -0.15) is 11.8 Å². The van der Waals surface area contributed by atoms with Crippen LogP contribution in [0.4, 0.5) is 5.69 Å². The first kappa shape index (κ1) is 16.0. The molecular formula is C12H15Br2NO2S. The molecule has 1 aromatic rings. The van der Waals surface area contributed by atoms with Gasteiger partial charge in [-0.25, -0.2) is 0 Å². The number of anilines is 1. The highest BCUT2D eigenvalue weighted by atomic mass is 79.9. The maximum absolute atomic E-state index is 11.7. The lowest BCUT2D eigenvalue weighted by Gasteiger charge is -2.10. The molecule has 18 heavy (non-hydrogen) atoms. The number of halogens is 2. The Labute approximate surface area is 128 Å². The summed E-state index contributed by atoms with van der Waals surface area (Å²) in [5.41, 5.74) is 1.87. The van der Waals surface area contributed by atoms with Gasteiger partial charge in [0.25, 0.3) is 0 Å². The standard InChI is InChI=1S/C12H15Br2NO2S/c1-8-5-9(13)12(10(14)6-8)15-11(17)7-18-4-2-3-16/h5-6,16H,2-4,7H2,1H3,(H,15,17). The Hall–Kier alpha value is -0.0400. The van der Waals surface area contributed by atoms with Gasteiger partial charge in [0, 0.05) is 15.6 Å². The second-order valence-corrected chi connectivity index (χ2v) is 6.60. The van der Waals surface area contributed by atoms with Crippen LogP contribution >= 0.6 is 43.6 Å². The van der Waals surface area contributed by atoms with E-state index in [9.17, 15) is 4.79 Å². The molecule has 0 saturated heterocycles. The fourth-order valence-corrected chi connectivity index (χ4v) is 3.68. The van der Waals surface area contributed by atoms with Gasteiger partial charge in [-0.3, -0.25) is 4.79 Å². The van der Waals surface area contributed by atoms with Crippen molar-refractivity contribution < 1.29 is 9.90 Å². The van der Waals surface area contributed by atoms with E-state index in [1.807, 2.05) is 19.1 Å². The molecular weight excluding hydrogens is 382 g/mol. The van der Waals surface area contributed by atoms with Gasteiger partial charge in [0.2, 0.25) is 5.91 Å². The van der Waals surface area contributed by atoms with Crippen molar-refractivity contribution in [2.75, 3.05) is 23.4 Å². The Morgan fingerprint density at radius 2 is 2.00 bits per heavy atom. The van der Waals surface area contributed by atoms with E-state index in [0.29, 0.717) is 5.75 Å². The van der Waals surface area contributed by atoms with Crippen molar-refractivity contribution >= 4 is 55.2 Å². The van der Waals surface area contributed by atoms with Crippen LogP contribution in [0.25, 0.3) is 0 Å². The molecule has 0 aliphatic heterocycles. The Morgan fingerprint density at radius 1 is 1.39 bits per heavy atom. The first-order valence-corrected chi connectivity index (χ1v) is 8.22. The number of carbonyl (C=O) groups is 1. The lowest BCUT2D eigenvalue weighted by atomic mass is 10.2. The van der Waals surface area contributed by atoms with Crippen LogP contribution in [0, 0.1) is 6.92 Å². The Bertz CT molecular complexity index is 404. The number of nitrogens with one attached hydrogen (secondary N) is 1. The van der Waals surface area contributed by atoms with E-state index in [4.69, 9.17) is 5.11 Å². The monoisotopic (exact) mass is 395 g/mol. The summed E-state index contributed by atoms with van der Waals surface area (Å²) in [4.78, 5) is 11.7.